The minimum Gasteiger partial charge on any atom is -0.486 e. The summed E-state index contributed by atoms with van der Waals surface area (Å²) < 4.78 is 16.2. The van der Waals surface area contributed by atoms with E-state index in [2.05, 4.69) is 15.6 Å². The van der Waals surface area contributed by atoms with Gasteiger partial charge in [0.05, 0.1) is 25.5 Å². The lowest BCUT2D eigenvalue weighted by Crippen LogP contribution is -2.44. The number of anilines is 1. The smallest absolute Gasteiger partial charge is 0.313 e. The third kappa shape index (κ3) is 4.17. The van der Waals surface area contributed by atoms with Crippen molar-refractivity contribution in [1.82, 2.24) is 10.3 Å². The number of nitrogens with zero attached hydrogens (tertiary/aromatic N) is 1. The zero-order chi connectivity index (χ0) is 17.6. The molecule has 0 radical (unpaired) electrons. The van der Waals surface area contributed by atoms with Crippen molar-refractivity contribution in [1.29, 1.82) is 0 Å². The van der Waals surface area contributed by atoms with Gasteiger partial charge in [0.25, 0.3) is 0 Å². The molecule has 2 N–H and O–H groups in total. The van der Waals surface area contributed by atoms with Crippen LogP contribution in [0.25, 0.3) is 0 Å². The quantitative estimate of drug-likeness (QED) is 0.803. The van der Waals surface area contributed by atoms with Gasteiger partial charge in [-0.3, -0.25) is 9.59 Å². The van der Waals surface area contributed by atoms with Crippen molar-refractivity contribution in [2.75, 3.05) is 25.6 Å². The van der Waals surface area contributed by atoms with E-state index in [0.717, 1.165) is 0 Å². The lowest BCUT2D eigenvalue weighted by molar-refractivity contribution is -0.136. The van der Waals surface area contributed by atoms with Gasteiger partial charge < -0.3 is 24.8 Å². The van der Waals surface area contributed by atoms with Gasteiger partial charge in [-0.1, -0.05) is 12.1 Å². The summed E-state index contributed by atoms with van der Waals surface area (Å²) in [6, 6.07) is 10.4. The van der Waals surface area contributed by atoms with E-state index in [1.54, 1.807) is 24.3 Å². The first-order chi connectivity index (χ1) is 12.2. The molecule has 1 aliphatic rings. The molecule has 0 aliphatic carbocycles. The molecule has 0 saturated heterocycles. The van der Waals surface area contributed by atoms with Gasteiger partial charge in [-0.05, 0) is 18.2 Å². The second-order valence-electron chi connectivity index (χ2n) is 5.25. The first-order valence-corrected chi connectivity index (χ1v) is 7.63. The number of carbonyl (C=O) groups is 2. The Morgan fingerprint density at radius 2 is 2.00 bits per heavy atom. The molecule has 1 aromatic heterocycles. The molecule has 0 fully saturated rings. The lowest BCUT2D eigenvalue weighted by Gasteiger charge is -2.26. The number of hydrogen-bond donors (Lipinski definition) is 2. The molecule has 0 bridgehead atoms. The van der Waals surface area contributed by atoms with E-state index in [1.165, 1.54) is 13.3 Å². The van der Waals surface area contributed by atoms with Crippen molar-refractivity contribution in [2.24, 2.45) is 0 Å². The summed E-state index contributed by atoms with van der Waals surface area (Å²) >= 11 is 0. The van der Waals surface area contributed by atoms with Crippen LogP contribution in [0.15, 0.2) is 42.6 Å². The molecule has 1 aliphatic heterocycles. The minimum atomic E-state index is -0.788. The number of amides is 2. The van der Waals surface area contributed by atoms with Crippen molar-refractivity contribution in [2.45, 2.75) is 6.10 Å². The summed E-state index contributed by atoms with van der Waals surface area (Å²) in [7, 11) is 1.49. The van der Waals surface area contributed by atoms with Crippen LogP contribution in [0.2, 0.25) is 0 Å². The third-order valence-corrected chi connectivity index (χ3v) is 3.47. The molecule has 0 unspecified atom stereocenters. The SMILES string of the molecule is COc1ccc(NC(=O)C(=O)NC[C@H]2COc3ccccc3O2)cn1. The Morgan fingerprint density at radius 1 is 1.20 bits per heavy atom. The van der Waals surface area contributed by atoms with Crippen LogP contribution in [0.3, 0.4) is 0 Å². The number of fused-ring (bicyclic) bond motifs is 1. The molecule has 2 heterocycles. The van der Waals surface area contributed by atoms with Gasteiger partial charge >= 0.3 is 11.8 Å². The van der Waals surface area contributed by atoms with Gasteiger partial charge in [-0.2, -0.15) is 0 Å². The van der Waals surface area contributed by atoms with Crippen molar-refractivity contribution < 1.29 is 23.8 Å². The topological polar surface area (TPSA) is 98.8 Å². The normalized spacial score (nSPS) is 15.2. The number of para-hydroxylation sites is 2. The number of methoxy groups -OCH3 is 1. The molecular weight excluding hydrogens is 326 g/mol. The fraction of sp³-hybridized carbons (Fsp3) is 0.235. The maximum atomic E-state index is 11.9. The minimum absolute atomic E-state index is 0.154. The van der Waals surface area contributed by atoms with Gasteiger partial charge in [0.15, 0.2) is 11.5 Å². The fourth-order valence-electron chi connectivity index (χ4n) is 2.21. The number of pyridine rings is 1. The van der Waals surface area contributed by atoms with Crippen molar-refractivity contribution in [3.63, 3.8) is 0 Å². The van der Waals surface area contributed by atoms with Crippen molar-refractivity contribution >= 4 is 17.5 Å². The molecule has 3 rings (SSSR count). The largest absolute Gasteiger partial charge is 0.486 e. The predicted octanol–water partition coefficient (Wildman–Crippen LogP) is 0.985. The highest BCUT2D eigenvalue weighted by molar-refractivity contribution is 6.39. The number of aromatic nitrogens is 1. The third-order valence-electron chi connectivity index (χ3n) is 3.47. The highest BCUT2D eigenvalue weighted by atomic mass is 16.6. The second-order valence-corrected chi connectivity index (χ2v) is 5.25. The Morgan fingerprint density at radius 3 is 2.72 bits per heavy atom. The average molecular weight is 343 g/mol. The van der Waals surface area contributed by atoms with E-state index in [-0.39, 0.29) is 12.6 Å². The molecule has 0 saturated carbocycles. The summed E-state index contributed by atoms with van der Waals surface area (Å²) in [6.45, 7) is 0.447. The maximum Gasteiger partial charge on any atom is 0.313 e. The molecule has 1 aromatic carbocycles. The number of hydrogen-bond acceptors (Lipinski definition) is 6. The van der Waals surface area contributed by atoms with Gasteiger partial charge in [-0.15, -0.1) is 0 Å². The predicted molar refractivity (Wildman–Crippen MR) is 88.8 cm³/mol. The van der Waals surface area contributed by atoms with E-state index in [4.69, 9.17) is 14.2 Å². The molecule has 8 nitrogen and oxygen atoms in total. The Bertz CT molecular complexity index is 763. The van der Waals surface area contributed by atoms with Gasteiger partial charge in [0.2, 0.25) is 5.88 Å². The van der Waals surface area contributed by atoms with Gasteiger partial charge in [-0.25, -0.2) is 4.98 Å². The number of ether oxygens (including phenoxy) is 3. The zero-order valence-electron chi connectivity index (χ0n) is 13.5. The standard InChI is InChI=1S/C17H17N3O5/c1-23-15-7-6-11(8-18-15)20-17(22)16(21)19-9-12-10-24-13-4-2-3-5-14(13)25-12/h2-8,12H,9-10H2,1H3,(H,19,21)(H,20,22)/t12-/m0/s1. The van der Waals surface area contributed by atoms with E-state index < -0.39 is 11.8 Å². The number of carbonyl (C=O) groups excluding carboxylic acids is 2. The van der Waals surface area contributed by atoms with Crippen LogP contribution < -0.4 is 24.8 Å². The van der Waals surface area contributed by atoms with Crippen LogP contribution in [-0.2, 0) is 9.59 Å². The monoisotopic (exact) mass is 343 g/mol. The highest BCUT2D eigenvalue weighted by Gasteiger charge is 2.22. The molecule has 1 atom stereocenters. The molecule has 0 spiro atoms. The molecule has 8 heteroatoms. The van der Waals surface area contributed by atoms with Crippen LogP contribution in [0.4, 0.5) is 5.69 Å². The Kier molecular flexibility index (Phi) is 4.98. The molecule has 25 heavy (non-hydrogen) atoms. The molecule has 2 amide bonds. The van der Waals surface area contributed by atoms with Crippen molar-refractivity contribution in [3.05, 3.63) is 42.6 Å². The van der Waals surface area contributed by atoms with E-state index in [1.807, 2.05) is 12.1 Å². The van der Waals surface area contributed by atoms with Crippen LogP contribution in [0.5, 0.6) is 17.4 Å². The first kappa shape index (κ1) is 16.6. The molecule has 130 valence electrons. The Labute approximate surface area is 144 Å². The highest BCUT2D eigenvalue weighted by Crippen LogP contribution is 2.30. The number of benzene rings is 1. The molecular formula is C17H17N3O5. The lowest BCUT2D eigenvalue weighted by atomic mass is 10.2. The van der Waals surface area contributed by atoms with Gasteiger partial charge in [0.1, 0.15) is 12.7 Å². The number of rotatable bonds is 4. The van der Waals surface area contributed by atoms with Crippen LogP contribution in [0, 0.1) is 0 Å². The Hall–Kier alpha value is -3.29. The van der Waals surface area contributed by atoms with Crippen LogP contribution >= 0.6 is 0 Å². The van der Waals surface area contributed by atoms with Crippen LogP contribution in [-0.4, -0.2) is 43.2 Å². The second kappa shape index (κ2) is 7.52. The summed E-state index contributed by atoms with van der Waals surface area (Å²) in [6.07, 6.45) is 1.04. The van der Waals surface area contributed by atoms with E-state index >= 15 is 0 Å². The summed E-state index contributed by atoms with van der Waals surface area (Å²) in [4.78, 5) is 27.7. The van der Waals surface area contributed by atoms with Gasteiger partial charge in [0, 0.05) is 6.07 Å². The average Bonchev–Trinajstić information content (AvgIpc) is 2.66. The van der Waals surface area contributed by atoms with Crippen molar-refractivity contribution in [3.8, 4) is 17.4 Å². The molecule has 2 aromatic rings. The number of nitrogens with one attached hydrogen (secondary N) is 2. The maximum absolute atomic E-state index is 11.9. The zero-order valence-corrected chi connectivity index (χ0v) is 13.5. The van der Waals surface area contributed by atoms with E-state index in [0.29, 0.717) is 29.7 Å². The summed E-state index contributed by atoms with van der Waals surface area (Å²) in [5.41, 5.74) is 0.395. The van der Waals surface area contributed by atoms with Crippen LogP contribution in [0.1, 0.15) is 0 Å². The fourth-order valence-corrected chi connectivity index (χ4v) is 2.21. The first-order valence-electron chi connectivity index (χ1n) is 7.63. The summed E-state index contributed by atoms with van der Waals surface area (Å²) in [5.74, 6) is 0.135. The Balaban J connectivity index is 1.48. The van der Waals surface area contributed by atoms with E-state index in [9.17, 15) is 9.59 Å². The summed E-state index contributed by atoms with van der Waals surface area (Å²) in [5, 5.41) is 4.98.